The van der Waals surface area contributed by atoms with Crippen LogP contribution in [-0.4, -0.2) is 0 Å². The summed E-state index contributed by atoms with van der Waals surface area (Å²) in [6.45, 7) is 1.99. The van der Waals surface area contributed by atoms with Gasteiger partial charge in [-0.15, -0.1) is 0 Å². The normalized spacial score (nSPS) is 12.5. The van der Waals surface area contributed by atoms with E-state index in [0.717, 1.165) is 26.2 Å². The Morgan fingerprint density at radius 3 is 2.61 bits per heavy atom. The highest BCUT2D eigenvalue weighted by molar-refractivity contribution is 14.1. The minimum atomic E-state index is -0.174. The van der Waals surface area contributed by atoms with Crippen molar-refractivity contribution in [3.63, 3.8) is 0 Å². The second-order valence-electron chi connectivity index (χ2n) is 4.15. The SMILES string of the molecule is Cc1ccc(C(N)c2cc(I)ccc2Br)cc1Cl. The topological polar surface area (TPSA) is 26.0 Å². The summed E-state index contributed by atoms with van der Waals surface area (Å²) in [6.07, 6.45) is 0. The van der Waals surface area contributed by atoms with Gasteiger partial charge in [-0.05, 0) is 70.5 Å². The summed E-state index contributed by atoms with van der Waals surface area (Å²) in [4.78, 5) is 0. The predicted octanol–water partition coefficient (Wildman–Crippen LogP) is 5.06. The molecule has 0 saturated carbocycles. The standard InChI is InChI=1S/C14H12BrClIN/c1-8-2-3-9(6-13(8)16)14(18)11-7-10(17)4-5-12(11)15/h2-7,14H,18H2,1H3. The lowest BCUT2D eigenvalue weighted by molar-refractivity contribution is 0.864. The molecule has 0 aliphatic heterocycles. The van der Waals surface area contributed by atoms with E-state index in [2.05, 4.69) is 44.6 Å². The quantitative estimate of drug-likeness (QED) is 0.654. The molecule has 0 aliphatic rings. The van der Waals surface area contributed by atoms with Crippen molar-refractivity contribution in [2.45, 2.75) is 13.0 Å². The Bertz CT molecular complexity index is 586. The summed E-state index contributed by atoms with van der Waals surface area (Å²) in [6, 6.07) is 11.9. The highest BCUT2D eigenvalue weighted by Gasteiger charge is 2.13. The summed E-state index contributed by atoms with van der Waals surface area (Å²) >= 11 is 12.0. The highest BCUT2D eigenvalue weighted by atomic mass is 127. The molecule has 0 saturated heterocycles. The van der Waals surface area contributed by atoms with E-state index in [0.29, 0.717) is 0 Å². The van der Waals surface area contributed by atoms with E-state index in [1.807, 2.05) is 37.3 Å². The van der Waals surface area contributed by atoms with E-state index in [1.54, 1.807) is 0 Å². The number of rotatable bonds is 2. The number of aryl methyl sites for hydroxylation is 1. The van der Waals surface area contributed by atoms with Gasteiger partial charge in [0.2, 0.25) is 0 Å². The van der Waals surface area contributed by atoms with Gasteiger partial charge in [-0.25, -0.2) is 0 Å². The molecule has 0 aromatic heterocycles. The van der Waals surface area contributed by atoms with Crippen LogP contribution in [0, 0.1) is 10.5 Å². The van der Waals surface area contributed by atoms with Gasteiger partial charge in [0.15, 0.2) is 0 Å². The van der Waals surface area contributed by atoms with Crippen molar-refractivity contribution in [3.05, 3.63) is 66.2 Å². The molecule has 1 atom stereocenters. The van der Waals surface area contributed by atoms with Gasteiger partial charge in [0.25, 0.3) is 0 Å². The Hall–Kier alpha value is -0.100. The van der Waals surface area contributed by atoms with Crippen LogP contribution in [0.4, 0.5) is 0 Å². The number of benzene rings is 2. The molecule has 94 valence electrons. The fourth-order valence-corrected chi connectivity index (χ4v) is 2.93. The van der Waals surface area contributed by atoms with Crippen molar-refractivity contribution >= 4 is 50.1 Å². The monoisotopic (exact) mass is 435 g/mol. The van der Waals surface area contributed by atoms with Gasteiger partial charge < -0.3 is 5.73 Å². The molecule has 1 nitrogen and oxygen atoms in total. The average Bonchev–Trinajstić information content (AvgIpc) is 2.35. The van der Waals surface area contributed by atoms with Crippen LogP contribution in [0.5, 0.6) is 0 Å². The molecule has 0 heterocycles. The van der Waals surface area contributed by atoms with Gasteiger partial charge in [-0.3, -0.25) is 0 Å². The molecule has 2 aromatic carbocycles. The van der Waals surface area contributed by atoms with Gasteiger partial charge in [-0.1, -0.05) is 39.7 Å². The summed E-state index contributed by atoms with van der Waals surface area (Å²) in [7, 11) is 0. The van der Waals surface area contributed by atoms with Gasteiger partial charge in [0.05, 0.1) is 6.04 Å². The first-order chi connectivity index (χ1) is 8.49. The van der Waals surface area contributed by atoms with Gasteiger partial charge in [0.1, 0.15) is 0 Å². The van der Waals surface area contributed by atoms with Crippen molar-refractivity contribution < 1.29 is 0 Å². The first kappa shape index (κ1) is 14.3. The lowest BCUT2D eigenvalue weighted by Gasteiger charge is -2.15. The Morgan fingerprint density at radius 2 is 1.94 bits per heavy atom. The van der Waals surface area contributed by atoms with Crippen LogP contribution in [-0.2, 0) is 0 Å². The van der Waals surface area contributed by atoms with E-state index in [9.17, 15) is 0 Å². The minimum Gasteiger partial charge on any atom is -0.320 e. The number of hydrogen-bond acceptors (Lipinski definition) is 1. The largest absolute Gasteiger partial charge is 0.320 e. The molecule has 2 N–H and O–H groups in total. The molecule has 4 heteroatoms. The van der Waals surface area contributed by atoms with Crippen LogP contribution in [0.25, 0.3) is 0 Å². The van der Waals surface area contributed by atoms with Gasteiger partial charge >= 0.3 is 0 Å². The molecule has 0 bridgehead atoms. The fraction of sp³-hybridized carbons (Fsp3) is 0.143. The average molecular weight is 437 g/mol. The predicted molar refractivity (Wildman–Crippen MR) is 89.1 cm³/mol. The van der Waals surface area contributed by atoms with Gasteiger partial charge in [-0.2, -0.15) is 0 Å². The summed E-state index contributed by atoms with van der Waals surface area (Å²) in [5.74, 6) is 0. The summed E-state index contributed by atoms with van der Waals surface area (Å²) in [5, 5.41) is 0.754. The lowest BCUT2D eigenvalue weighted by Crippen LogP contribution is -2.12. The summed E-state index contributed by atoms with van der Waals surface area (Å²) in [5.41, 5.74) is 9.47. The maximum absolute atomic E-state index is 6.31. The zero-order chi connectivity index (χ0) is 13.3. The Balaban J connectivity index is 2.44. The zero-order valence-electron chi connectivity index (χ0n) is 9.75. The minimum absolute atomic E-state index is 0.174. The zero-order valence-corrected chi connectivity index (χ0v) is 14.3. The van der Waals surface area contributed by atoms with Crippen LogP contribution < -0.4 is 5.73 Å². The van der Waals surface area contributed by atoms with Gasteiger partial charge in [0, 0.05) is 13.1 Å². The molecular formula is C14H12BrClIN. The van der Waals surface area contributed by atoms with E-state index in [-0.39, 0.29) is 6.04 Å². The third-order valence-electron chi connectivity index (χ3n) is 2.85. The number of nitrogens with two attached hydrogens (primary N) is 1. The molecule has 0 spiro atoms. The van der Waals surface area contributed by atoms with E-state index >= 15 is 0 Å². The van der Waals surface area contributed by atoms with Crippen LogP contribution in [0.2, 0.25) is 5.02 Å². The maximum atomic E-state index is 6.31. The first-order valence-corrected chi connectivity index (χ1v) is 7.70. The number of halogens is 3. The second-order valence-corrected chi connectivity index (χ2v) is 6.66. The van der Waals surface area contributed by atoms with Crippen LogP contribution in [0.1, 0.15) is 22.7 Å². The molecule has 0 fully saturated rings. The molecule has 2 rings (SSSR count). The van der Waals surface area contributed by atoms with Crippen molar-refractivity contribution in [1.29, 1.82) is 0 Å². The fourth-order valence-electron chi connectivity index (χ4n) is 1.74. The maximum Gasteiger partial charge on any atom is 0.0563 e. The molecule has 2 aromatic rings. The van der Waals surface area contributed by atoms with Crippen molar-refractivity contribution in [2.75, 3.05) is 0 Å². The van der Waals surface area contributed by atoms with E-state index in [4.69, 9.17) is 17.3 Å². The van der Waals surface area contributed by atoms with Crippen molar-refractivity contribution in [1.82, 2.24) is 0 Å². The van der Waals surface area contributed by atoms with Crippen LogP contribution >= 0.6 is 50.1 Å². The Labute approximate surface area is 134 Å². The molecule has 18 heavy (non-hydrogen) atoms. The third kappa shape index (κ3) is 3.07. The Kier molecular flexibility index (Phi) is 4.69. The molecular weight excluding hydrogens is 424 g/mol. The molecule has 1 unspecified atom stereocenters. The van der Waals surface area contributed by atoms with Crippen LogP contribution in [0.15, 0.2) is 40.9 Å². The first-order valence-electron chi connectivity index (χ1n) is 5.45. The smallest absolute Gasteiger partial charge is 0.0563 e. The molecule has 0 radical (unpaired) electrons. The van der Waals surface area contributed by atoms with E-state index < -0.39 is 0 Å². The number of hydrogen-bond donors (Lipinski definition) is 1. The highest BCUT2D eigenvalue weighted by Crippen LogP contribution is 2.30. The lowest BCUT2D eigenvalue weighted by atomic mass is 9.99. The van der Waals surface area contributed by atoms with E-state index in [1.165, 1.54) is 3.57 Å². The third-order valence-corrected chi connectivity index (χ3v) is 4.65. The second kappa shape index (κ2) is 5.90. The van der Waals surface area contributed by atoms with Crippen molar-refractivity contribution in [3.8, 4) is 0 Å². The van der Waals surface area contributed by atoms with Crippen molar-refractivity contribution in [2.24, 2.45) is 5.73 Å². The summed E-state index contributed by atoms with van der Waals surface area (Å²) < 4.78 is 2.19. The molecule has 0 aliphatic carbocycles. The van der Waals surface area contributed by atoms with Crippen LogP contribution in [0.3, 0.4) is 0 Å². The molecule has 0 amide bonds. The Morgan fingerprint density at radius 1 is 1.22 bits per heavy atom.